The molecule has 1 aliphatic rings. The third-order valence-electron chi connectivity index (χ3n) is 3.60. The zero-order valence-corrected chi connectivity index (χ0v) is 14.2. The van der Waals surface area contributed by atoms with E-state index < -0.39 is 0 Å². The zero-order chi connectivity index (χ0) is 15.2. The van der Waals surface area contributed by atoms with Crippen LogP contribution in [0, 0.1) is 5.92 Å². The highest BCUT2D eigenvalue weighted by Crippen LogP contribution is 2.25. The number of carbonyl (C=O) groups is 2. The van der Waals surface area contributed by atoms with Crippen molar-refractivity contribution in [3.05, 3.63) is 0 Å². The van der Waals surface area contributed by atoms with E-state index in [1.807, 2.05) is 20.8 Å². The van der Waals surface area contributed by atoms with Crippen LogP contribution in [0.4, 0.5) is 0 Å². The lowest BCUT2D eigenvalue weighted by Gasteiger charge is -2.28. The van der Waals surface area contributed by atoms with Crippen LogP contribution in [0.1, 0.15) is 59.3 Å². The minimum Gasteiger partial charge on any atom is -0.356 e. The molecule has 5 nitrogen and oxygen atoms in total. The largest absolute Gasteiger partial charge is 0.356 e. The Morgan fingerprint density at radius 3 is 2.33 bits per heavy atom. The number of amides is 2. The molecule has 0 heterocycles. The molecule has 2 amide bonds. The second kappa shape index (κ2) is 9.26. The lowest BCUT2D eigenvalue weighted by atomic mass is 9.83. The molecule has 6 heteroatoms. The molecule has 0 aromatic carbocycles. The molecule has 124 valence electrons. The quantitative estimate of drug-likeness (QED) is 0.721. The SMILES string of the molecule is CC(C)(C)NC(=O)CCNC(=O)CC1CCCCC1N.Cl. The molecule has 0 saturated heterocycles. The number of rotatable bonds is 5. The standard InChI is InChI=1S/C15H29N3O2.ClH/c1-15(2,3)18-13(19)8-9-17-14(20)10-11-6-4-5-7-12(11)16;/h11-12H,4-10,16H2,1-3H3,(H,17,20)(H,18,19);1H. The number of nitrogens with two attached hydrogens (primary N) is 1. The van der Waals surface area contributed by atoms with Crippen molar-refractivity contribution in [2.24, 2.45) is 11.7 Å². The maximum atomic E-state index is 11.8. The fraction of sp³-hybridized carbons (Fsp3) is 0.867. The Hall–Kier alpha value is -0.810. The van der Waals surface area contributed by atoms with Gasteiger partial charge in [0.1, 0.15) is 0 Å². The highest BCUT2D eigenvalue weighted by Gasteiger charge is 2.24. The van der Waals surface area contributed by atoms with E-state index in [-0.39, 0.29) is 35.8 Å². The van der Waals surface area contributed by atoms with E-state index in [0.717, 1.165) is 12.8 Å². The summed E-state index contributed by atoms with van der Waals surface area (Å²) in [5.74, 6) is 0.273. The molecule has 0 aromatic rings. The fourth-order valence-corrected chi connectivity index (χ4v) is 2.60. The molecule has 0 aromatic heterocycles. The molecule has 1 aliphatic carbocycles. The van der Waals surface area contributed by atoms with E-state index >= 15 is 0 Å². The summed E-state index contributed by atoms with van der Waals surface area (Å²) in [7, 11) is 0. The molecule has 0 aliphatic heterocycles. The summed E-state index contributed by atoms with van der Waals surface area (Å²) in [6.07, 6.45) is 5.21. The molecule has 0 spiro atoms. The van der Waals surface area contributed by atoms with E-state index in [0.29, 0.717) is 25.3 Å². The van der Waals surface area contributed by atoms with Gasteiger partial charge in [-0.3, -0.25) is 9.59 Å². The van der Waals surface area contributed by atoms with Gasteiger partial charge < -0.3 is 16.4 Å². The molecule has 1 rings (SSSR count). The van der Waals surface area contributed by atoms with Crippen molar-refractivity contribution in [3.8, 4) is 0 Å². The number of hydrogen-bond donors (Lipinski definition) is 3. The number of hydrogen-bond acceptors (Lipinski definition) is 3. The Kier molecular flexibility index (Phi) is 8.90. The van der Waals surface area contributed by atoms with E-state index in [2.05, 4.69) is 10.6 Å². The molecule has 4 N–H and O–H groups in total. The number of nitrogens with one attached hydrogen (secondary N) is 2. The first kappa shape index (κ1) is 20.2. The van der Waals surface area contributed by atoms with Crippen LogP contribution in [0.2, 0.25) is 0 Å². The van der Waals surface area contributed by atoms with Crippen molar-refractivity contribution in [3.63, 3.8) is 0 Å². The maximum Gasteiger partial charge on any atom is 0.222 e. The van der Waals surface area contributed by atoms with Gasteiger partial charge in [0.25, 0.3) is 0 Å². The summed E-state index contributed by atoms with van der Waals surface area (Å²) in [5, 5.41) is 5.68. The van der Waals surface area contributed by atoms with Crippen LogP contribution in [0.25, 0.3) is 0 Å². The molecule has 1 saturated carbocycles. The normalized spacial score (nSPS) is 22.1. The van der Waals surface area contributed by atoms with Crippen LogP contribution < -0.4 is 16.4 Å². The Morgan fingerprint density at radius 1 is 1.14 bits per heavy atom. The molecular weight excluding hydrogens is 290 g/mol. The summed E-state index contributed by atoms with van der Waals surface area (Å²) in [5.41, 5.74) is 5.80. The first-order chi connectivity index (χ1) is 9.28. The average molecular weight is 320 g/mol. The Balaban J connectivity index is 0.00000400. The molecular formula is C15H30ClN3O2. The van der Waals surface area contributed by atoms with Gasteiger partial charge >= 0.3 is 0 Å². The highest BCUT2D eigenvalue weighted by molar-refractivity contribution is 5.85. The van der Waals surface area contributed by atoms with E-state index in [9.17, 15) is 9.59 Å². The van der Waals surface area contributed by atoms with Crippen molar-refractivity contribution < 1.29 is 9.59 Å². The minimum atomic E-state index is -0.226. The van der Waals surface area contributed by atoms with Crippen LogP contribution in [-0.4, -0.2) is 29.9 Å². The zero-order valence-electron chi connectivity index (χ0n) is 13.4. The summed E-state index contributed by atoms with van der Waals surface area (Å²) in [6.45, 7) is 6.21. The van der Waals surface area contributed by atoms with Gasteiger partial charge in [-0.2, -0.15) is 0 Å². The Labute approximate surface area is 134 Å². The van der Waals surface area contributed by atoms with Crippen LogP contribution in [0.15, 0.2) is 0 Å². The van der Waals surface area contributed by atoms with Crippen molar-refractivity contribution >= 4 is 24.2 Å². The van der Waals surface area contributed by atoms with Gasteiger partial charge in [0.15, 0.2) is 0 Å². The van der Waals surface area contributed by atoms with Gasteiger partial charge in [-0.1, -0.05) is 12.8 Å². The van der Waals surface area contributed by atoms with Crippen molar-refractivity contribution in [1.82, 2.24) is 10.6 Å². The van der Waals surface area contributed by atoms with Gasteiger partial charge in [-0.25, -0.2) is 0 Å². The molecule has 2 unspecified atom stereocenters. The molecule has 2 atom stereocenters. The van der Waals surface area contributed by atoms with Gasteiger partial charge in [-0.15, -0.1) is 12.4 Å². The fourth-order valence-electron chi connectivity index (χ4n) is 2.60. The van der Waals surface area contributed by atoms with Crippen molar-refractivity contribution in [2.75, 3.05) is 6.54 Å². The van der Waals surface area contributed by atoms with Crippen LogP contribution in [0.3, 0.4) is 0 Å². The first-order valence-corrected chi connectivity index (χ1v) is 7.61. The minimum absolute atomic E-state index is 0. The predicted octanol–water partition coefficient (Wildman–Crippen LogP) is 1.74. The van der Waals surface area contributed by atoms with Gasteiger partial charge in [0.05, 0.1) is 0 Å². The second-order valence-corrected chi connectivity index (χ2v) is 6.81. The Bertz CT molecular complexity index is 342. The lowest BCUT2D eigenvalue weighted by molar-refractivity contribution is -0.123. The van der Waals surface area contributed by atoms with E-state index in [1.165, 1.54) is 12.8 Å². The molecule has 0 bridgehead atoms. The smallest absolute Gasteiger partial charge is 0.222 e. The molecule has 1 fully saturated rings. The third-order valence-corrected chi connectivity index (χ3v) is 3.60. The van der Waals surface area contributed by atoms with Crippen LogP contribution in [-0.2, 0) is 9.59 Å². The monoisotopic (exact) mass is 319 g/mol. The second-order valence-electron chi connectivity index (χ2n) is 6.81. The topological polar surface area (TPSA) is 84.2 Å². The van der Waals surface area contributed by atoms with Gasteiger partial charge in [0.2, 0.25) is 11.8 Å². The van der Waals surface area contributed by atoms with Gasteiger partial charge in [0, 0.05) is 31.0 Å². The Morgan fingerprint density at radius 2 is 1.76 bits per heavy atom. The maximum absolute atomic E-state index is 11.8. The van der Waals surface area contributed by atoms with Crippen LogP contribution >= 0.6 is 12.4 Å². The highest BCUT2D eigenvalue weighted by atomic mass is 35.5. The third kappa shape index (κ3) is 8.94. The number of carbonyl (C=O) groups excluding carboxylic acids is 2. The van der Waals surface area contributed by atoms with Crippen molar-refractivity contribution in [2.45, 2.75) is 70.9 Å². The van der Waals surface area contributed by atoms with Crippen molar-refractivity contribution in [1.29, 1.82) is 0 Å². The average Bonchev–Trinajstić information content (AvgIpc) is 2.29. The van der Waals surface area contributed by atoms with Crippen LogP contribution in [0.5, 0.6) is 0 Å². The van der Waals surface area contributed by atoms with Gasteiger partial charge in [-0.05, 0) is 39.5 Å². The number of halogens is 1. The summed E-state index contributed by atoms with van der Waals surface area (Å²) in [6, 6.07) is 0.152. The molecule has 21 heavy (non-hydrogen) atoms. The van der Waals surface area contributed by atoms with E-state index in [1.54, 1.807) is 0 Å². The summed E-state index contributed by atoms with van der Waals surface area (Å²) >= 11 is 0. The summed E-state index contributed by atoms with van der Waals surface area (Å²) < 4.78 is 0. The molecule has 0 radical (unpaired) electrons. The lowest BCUT2D eigenvalue weighted by Crippen LogP contribution is -2.42. The summed E-state index contributed by atoms with van der Waals surface area (Å²) in [4.78, 5) is 23.4. The predicted molar refractivity (Wildman–Crippen MR) is 87.3 cm³/mol. The van der Waals surface area contributed by atoms with E-state index in [4.69, 9.17) is 5.73 Å². The first-order valence-electron chi connectivity index (χ1n) is 7.61.